The van der Waals surface area contributed by atoms with Gasteiger partial charge < -0.3 is 20.2 Å². The Bertz CT molecular complexity index is 1560. The van der Waals surface area contributed by atoms with Crippen LogP contribution in [0.3, 0.4) is 0 Å². The van der Waals surface area contributed by atoms with Gasteiger partial charge in [0.25, 0.3) is 0 Å². The zero-order chi connectivity index (χ0) is 25.8. The molecular weight excluding hydrogens is 505 g/mol. The van der Waals surface area contributed by atoms with Crippen LogP contribution in [-0.2, 0) is 6.54 Å². The summed E-state index contributed by atoms with van der Waals surface area (Å²) in [5.41, 5.74) is 10.2. The molecule has 0 saturated heterocycles. The second-order valence-electron chi connectivity index (χ2n) is 8.52. The molecule has 7 heteroatoms. The maximum absolute atomic E-state index is 6.42. The van der Waals surface area contributed by atoms with E-state index in [0.717, 1.165) is 33.0 Å². The average Bonchev–Trinajstić information content (AvgIpc) is 3.35. The van der Waals surface area contributed by atoms with Crippen LogP contribution in [0.1, 0.15) is 22.9 Å². The Morgan fingerprint density at radius 2 is 1.73 bits per heavy atom. The first-order chi connectivity index (χ1) is 18.0. The summed E-state index contributed by atoms with van der Waals surface area (Å²) in [6.45, 7) is 0.293. The van der Waals surface area contributed by atoms with E-state index in [1.807, 2.05) is 60.7 Å². The van der Waals surface area contributed by atoms with Crippen LogP contribution in [0.4, 0.5) is 0 Å². The number of ether oxygens (including phenoxy) is 1. The summed E-state index contributed by atoms with van der Waals surface area (Å²) in [6.07, 6.45) is 1.74. The summed E-state index contributed by atoms with van der Waals surface area (Å²) >= 11 is 12.4. The summed E-state index contributed by atoms with van der Waals surface area (Å²) in [6, 6.07) is 29.1. The lowest BCUT2D eigenvalue weighted by Crippen LogP contribution is -2.35. The molecule has 37 heavy (non-hydrogen) atoms. The summed E-state index contributed by atoms with van der Waals surface area (Å²) in [5.74, 6) is 1.65. The minimum Gasteiger partial charge on any atom is -0.496 e. The van der Waals surface area contributed by atoms with Crippen molar-refractivity contribution in [2.75, 3.05) is 7.11 Å². The van der Waals surface area contributed by atoms with Crippen LogP contribution in [0.2, 0.25) is 10.0 Å². The molecule has 3 N–H and O–H groups in total. The number of hydrogen-bond acceptors (Lipinski definition) is 3. The number of rotatable bonds is 7. The highest BCUT2D eigenvalue weighted by Crippen LogP contribution is 2.37. The molecule has 0 aliphatic rings. The summed E-state index contributed by atoms with van der Waals surface area (Å²) in [4.78, 5) is 4.55. The number of nitrogens with one attached hydrogen (secondary N) is 1. The van der Waals surface area contributed by atoms with Gasteiger partial charge in [0.05, 0.1) is 19.9 Å². The number of nitrogens with zero attached hydrogens (tertiary/aromatic N) is 1. The molecule has 0 amide bonds. The van der Waals surface area contributed by atoms with Gasteiger partial charge in [0.15, 0.2) is 5.96 Å². The molecule has 5 rings (SSSR count). The van der Waals surface area contributed by atoms with Crippen LogP contribution in [0.15, 0.2) is 107 Å². The van der Waals surface area contributed by atoms with Gasteiger partial charge in [-0.15, -0.1) is 0 Å². The van der Waals surface area contributed by atoms with E-state index >= 15 is 0 Å². The zero-order valence-electron chi connectivity index (χ0n) is 20.1. The SMILES string of the molecule is COc1ccc(-c2ccccc2)cc1C(NC(N)=NCc1ccc(Cl)cc1Cl)c1occ2ccccc12. The van der Waals surface area contributed by atoms with E-state index in [4.69, 9.17) is 38.1 Å². The molecule has 0 bridgehead atoms. The molecular formula is C30H25Cl2N3O2. The smallest absolute Gasteiger partial charge is 0.189 e. The number of aliphatic imine (C=N–C) groups is 1. The first-order valence-electron chi connectivity index (χ1n) is 11.7. The van der Waals surface area contributed by atoms with Gasteiger partial charge in [0.2, 0.25) is 0 Å². The fraction of sp³-hybridized carbons (Fsp3) is 0.100. The van der Waals surface area contributed by atoms with Crippen molar-refractivity contribution in [1.29, 1.82) is 0 Å². The molecule has 1 unspecified atom stereocenters. The Morgan fingerprint density at radius 3 is 2.51 bits per heavy atom. The van der Waals surface area contributed by atoms with Gasteiger partial charge in [0, 0.05) is 26.4 Å². The average molecular weight is 530 g/mol. The van der Waals surface area contributed by atoms with Gasteiger partial charge in [-0.2, -0.15) is 0 Å². The van der Waals surface area contributed by atoms with Gasteiger partial charge in [0.1, 0.15) is 17.6 Å². The monoisotopic (exact) mass is 529 g/mol. The fourth-order valence-corrected chi connectivity index (χ4v) is 4.77. The summed E-state index contributed by atoms with van der Waals surface area (Å²) in [7, 11) is 1.65. The normalized spacial score (nSPS) is 12.5. The van der Waals surface area contributed by atoms with Crippen molar-refractivity contribution in [3.63, 3.8) is 0 Å². The van der Waals surface area contributed by atoms with Crippen LogP contribution >= 0.6 is 23.2 Å². The molecule has 0 aliphatic heterocycles. The predicted octanol–water partition coefficient (Wildman–Crippen LogP) is 7.61. The van der Waals surface area contributed by atoms with E-state index in [1.165, 1.54) is 0 Å². The zero-order valence-corrected chi connectivity index (χ0v) is 21.6. The van der Waals surface area contributed by atoms with Crippen molar-refractivity contribution >= 4 is 39.9 Å². The van der Waals surface area contributed by atoms with E-state index in [0.29, 0.717) is 28.1 Å². The van der Waals surface area contributed by atoms with E-state index in [9.17, 15) is 0 Å². The molecule has 4 aromatic carbocycles. The Balaban J connectivity index is 1.57. The molecule has 1 aromatic heterocycles. The molecule has 186 valence electrons. The van der Waals surface area contributed by atoms with Gasteiger partial charge in [-0.1, -0.05) is 89.9 Å². The lowest BCUT2D eigenvalue weighted by molar-refractivity contribution is 0.400. The number of benzene rings is 4. The summed E-state index contributed by atoms with van der Waals surface area (Å²) < 4.78 is 11.9. The van der Waals surface area contributed by atoms with Crippen molar-refractivity contribution in [3.05, 3.63) is 124 Å². The maximum Gasteiger partial charge on any atom is 0.189 e. The maximum atomic E-state index is 6.42. The van der Waals surface area contributed by atoms with Crippen LogP contribution in [-0.4, -0.2) is 13.1 Å². The number of guanidine groups is 1. The molecule has 5 nitrogen and oxygen atoms in total. The molecule has 0 radical (unpaired) electrons. The van der Waals surface area contributed by atoms with Gasteiger partial charge in [-0.3, -0.25) is 0 Å². The number of halogens is 2. The second kappa shape index (κ2) is 11.0. The van der Waals surface area contributed by atoms with Crippen molar-refractivity contribution in [2.45, 2.75) is 12.6 Å². The lowest BCUT2D eigenvalue weighted by atomic mass is 9.96. The van der Waals surface area contributed by atoms with E-state index < -0.39 is 6.04 Å². The number of furan rings is 1. The van der Waals surface area contributed by atoms with Crippen LogP contribution < -0.4 is 15.8 Å². The minimum atomic E-state index is -0.469. The number of fused-ring (bicyclic) bond motifs is 1. The Hall–Kier alpha value is -3.93. The minimum absolute atomic E-state index is 0.240. The third-order valence-corrected chi connectivity index (χ3v) is 6.76. The molecule has 0 spiro atoms. The number of nitrogens with two attached hydrogens (primary N) is 1. The Morgan fingerprint density at radius 1 is 0.946 bits per heavy atom. The Kier molecular flexibility index (Phi) is 7.35. The van der Waals surface area contributed by atoms with Crippen LogP contribution in [0.5, 0.6) is 5.75 Å². The first-order valence-corrected chi connectivity index (χ1v) is 12.5. The van der Waals surface area contributed by atoms with Crippen molar-refractivity contribution in [1.82, 2.24) is 5.32 Å². The highest BCUT2D eigenvalue weighted by Gasteiger charge is 2.25. The molecule has 1 atom stereocenters. The van der Waals surface area contributed by atoms with Gasteiger partial charge >= 0.3 is 0 Å². The highest BCUT2D eigenvalue weighted by atomic mass is 35.5. The topological polar surface area (TPSA) is 72.8 Å². The number of methoxy groups -OCH3 is 1. The predicted molar refractivity (Wildman–Crippen MR) is 151 cm³/mol. The van der Waals surface area contributed by atoms with Gasteiger partial charge in [-0.25, -0.2) is 4.99 Å². The van der Waals surface area contributed by atoms with E-state index in [2.05, 4.69) is 28.5 Å². The van der Waals surface area contributed by atoms with Crippen LogP contribution in [0.25, 0.3) is 21.9 Å². The molecule has 0 fully saturated rings. The van der Waals surface area contributed by atoms with Crippen molar-refractivity contribution < 1.29 is 9.15 Å². The van der Waals surface area contributed by atoms with E-state index in [-0.39, 0.29) is 5.96 Å². The van der Waals surface area contributed by atoms with Gasteiger partial charge in [-0.05, 0) is 41.0 Å². The molecule has 0 saturated carbocycles. The lowest BCUT2D eigenvalue weighted by Gasteiger charge is -2.22. The highest BCUT2D eigenvalue weighted by molar-refractivity contribution is 6.35. The standard InChI is InChI=1S/C30H25Cl2N3O2/c1-36-27-14-12-20(19-7-3-2-4-8-19)15-25(27)28(29-24-10-6-5-9-22(24)18-37-29)35-30(33)34-17-21-11-13-23(31)16-26(21)32/h2-16,18,28H,17H2,1H3,(H3,33,34,35). The van der Waals surface area contributed by atoms with E-state index in [1.54, 1.807) is 25.5 Å². The van der Waals surface area contributed by atoms with Crippen LogP contribution in [0, 0.1) is 0 Å². The largest absolute Gasteiger partial charge is 0.496 e. The van der Waals surface area contributed by atoms with Crippen molar-refractivity contribution in [3.8, 4) is 16.9 Å². The number of hydrogen-bond donors (Lipinski definition) is 2. The third kappa shape index (κ3) is 5.43. The quantitative estimate of drug-likeness (QED) is 0.168. The Labute approximate surface area is 225 Å². The first kappa shape index (κ1) is 24.8. The fourth-order valence-electron chi connectivity index (χ4n) is 4.31. The molecule has 5 aromatic rings. The third-order valence-electron chi connectivity index (χ3n) is 6.18. The second-order valence-corrected chi connectivity index (χ2v) is 9.37. The van der Waals surface area contributed by atoms with Crippen molar-refractivity contribution in [2.24, 2.45) is 10.7 Å². The molecule has 0 aliphatic carbocycles. The molecule has 1 heterocycles. The summed E-state index contributed by atoms with van der Waals surface area (Å²) in [5, 5.41) is 6.44.